The highest BCUT2D eigenvalue weighted by Gasteiger charge is 2.24. The molecule has 21 heavy (non-hydrogen) atoms. The Hall–Kier alpha value is -1.29. The minimum absolute atomic E-state index is 0.0677. The van der Waals surface area contributed by atoms with Gasteiger partial charge < -0.3 is 10.3 Å². The van der Waals surface area contributed by atoms with E-state index >= 15 is 0 Å². The first-order valence-corrected chi connectivity index (χ1v) is 8.19. The van der Waals surface area contributed by atoms with Crippen LogP contribution in [0.3, 0.4) is 0 Å². The zero-order chi connectivity index (χ0) is 15.8. The monoisotopic (exact) mass is 349 g/mol. The summed E-state index contributed by atoms with van der Waals surface area (Å²) >= 11 is 3.59. The fourth-order valence-corrected chi connectivity index (χ4v) is 2.95. The van der Waals surface area contributed by atoms with Crippen molar-refractivity contribution in [3.63, 3.8) is 0 Å². The molecule has 0 aliphatic carbocycles. The Morgan fingerprint density at radius 1 is 1.29 bits per heavy atom. The van der Waals surface area contributed by atoms with Gasteiger partial charge >= 0.3 is 0 Å². The Kier molecular flexibility index (Phi) is 4.47. The number of nitrogen functional groups attached to an aromatic ring is 1. The lowest BCUT2D eigenvalue weighted by molar-refractivity contribution is 0.387. The number of hydrogen-bond acceptors (Lipinski definition) is 2. The van der Waals surface area contributed by atoms with Gasteiger partial charge in [-0.3, -0.25) is 0 Å². The summed E-state index contributed by atoms with van der Waals surface area (Å²) in [6.45, 7) is 10.7. The number of imidazole rings is 1. The second-order valence-electron chi connectivity index (χ2n) is 6.48. The van der Waals surface area contributed by atoms with Gasteiger partial charge in [-0.25, -0.2) is 4.98 Å². The summed E-state index contributed by atoms with van der Waals surface area (Å²) in [5.74, 6) is 1.82. The molecule has 1 aromatic heterocycles. The number of anilines is 1. The molecule has 1 heterocycles. The van der Waals surface area contributed by atoms with Gasteiger partial charge in [-0.1, -0.05) is 35.0 Å². The molecule has 2 N–H and O–H groups in total. The Morgan fingerprint density at radius 3 is 2.48 bits per heavy atom. The van der Waals surface area contributed by atoms with Crippen LogP contribution in [0.5, 0.6) is 0 Å². The molecule has 0 aliphatic heterocycles. The van der Waals surface area contributed by atoms with Gasteiger partial charge in [-0.15, -0.1) is 0 Å². The summed E-state index contributed by atoms with van der Waals surface area (Å²) in [4.78, 5) is 4.82. The molecule has 0 saturated heterocycles. The summed E-state index contributed by atoms with van der Waals surface area (Å²) in [5, 5.41) is 0. The first-order valence-electron chi connectivity index (χ1n) is 7.39. The third-order valence-corrected chi connectivity index (χ3v) is 4.43. The lowest BCUT2D eigenvalue weighted by Crippen LogP contribution is -2.25. The summed E-state index contributed by atoms with van der Waals surface area (Å²) in [6, 6.07) is 6.27. The number of nitrogens with two attached hydrogens (primary N) is 1. The summed E-state index contributed by atoms with van der Waals surface area (Å²) in [7, 11) is 0. The zero-order valence-corrected chi connectivity index (χ0v) is 15.1. The van der Waals surface area contributed by atoms with Crippen molar-refractivity contribution in [1.29, 1.82) is 0 Å². The maximum Gasteiger partial charge on any atom is 0.132 e. The maximum absolute atomic E-state index is 6.43. The standard InChI is InChI=1S/C17H24BrN3/c1-6-7-14-20-15(16(19)21(14)17(3,4)5)12-9-8-11(2)13(18)10-12/h8-10H,6-7,19H2,1-5H3. The number of aryl methyl sites for hydroxylation is 2. The average Bonchev–Trinajstić information content (AvgIpc) is 2.70. The molecule has 0 radical (unpaired) electrons. The molecule has 0 bridgehead atoms. The molecule has 0 saturated carbocycles. The number of hydrogen-bond donors (Lipinski definition) is 1. The van der Waals surface area contributed by atoms with Gasteiger partial charge in [-0.05, 0) is 45.7 Å². The van der Waals surface area contributed by atoms with Gasteiger partial charge in [0.15, 0.2) is 0 Å². The van der Waals surface area contributed by atoms with Crippen molar-refractivity contribution in [2.45, 2.75) is 53.0 Å². The number of halogens is 1. The van der Waals surface area contributed by atoms with Crippen LogP contribution in [-0.4, -0.2) is 9.55 Å². The first-order chi connectivity index (χ1) is 9.75. The van der Waals surface area contributed by atoms with E-state index in [4.69, 9.17) is 10.7 Å². The quantitative estimate of drug-likeness (QED) is 0.855. The fraction of sp³-hybridized carbons (Fsp3) is 0.471. The lowest BCUT2D eigenvalue weighted by atomic mass is 10.1. The van der Waals surface area contributed by atoms with E-state index in [1.807, 2.05) is 0 Å². The van der Waals surface area contributed by atoms with Crippen molar-refractivity contribution in [2.24, 2.45) is 0 Å². The van der Waals surface area contributed by atoms with Crippen LogP contribution < -0.4 is 5.73 Å². The molecule has 0 aliphatic rings. The van der Waals surface area contributed by atoms with E-state index in [9.17, 15) is 0 Å². The molecule has 114 valence electrons. The van der Waals surface area contributed by atoms with Gasteiger partial charge in [0.05, 0.1) is 0 Å². The molecule has 0 atom stereocenters. The molecule has 4 heteroatoms. The molecule has 0 fully saturated rings. The van der Waals surface area contributed by atoms with Crippen LogP contribution in [0.4, 0.5) is 5.82 Å². The predicted octanol–water partition coefficient (Wildman–Crippen LogP) is 4.91. The van der Waals surface area contributed by atoms with Gasteiger partial charge in [-0.2, -0.15) is 0 Å². The predicted molar refractivity (Wildman–Crippen MR) is 93.5 cm³/mol. The molecule has 0 spiro atoms. The van der Waals surface area contributed by atoms with Crippen LogP contribution in [-0.2, 0) is 12.0 Å². The second kappa shape index (κ2) is 5.84. The maximum atomic E-state index is 6.43. The normalized spacial score (nSPS) is 11.9. The van der Waals surface area contributed by atoms with Crippen LogP contribution in [0.1, 0.15) is 45.5 Å². The van der Waals surface area contributed by atoms with Crippen molar-refractivity contribution >= 4 is 21.7 Å². The van der Waals surface area contributed by atoms with Crippen LogP contribution in [0, 0.1) is 6.92 Å². The number of nitrogens with zero attached hydrogens (tertiary/aromatic N) is 2. The van der Waals surface area contributed by atoms with E-state index < -0.39 is 0 Å². The van der Waals surface area contributed by atoms with E-state index in [1.54, 1.807) is 0 Å². The summed E-state index contributed by atoms with van der Waals surface area (Å²) in [6.07, 6.45) is 2.00. The third-order valence-electron chi connectivity index (χ3n) is 3.57. The highest BCUT2D eigenvalue weighted by atomic mass is 79.9. The molecule has 2 rings (SSSR count). The van der Waals surface area contributed by atoms with Crippen molar-refractivity contribution in [3.05, 3.63) is 34.1 Å². The summed E-state index contributed by atoms with van der Waals surface area (Å²) in [5.41, 5.74) is 9.51. The molecule has 0 amide bonds. The van der Waals surface area contributed by atoms with Crippen molar-refractivity contribution in [2.75, 3.05) is 5.73 Å². The van der Waals surface area contributed by atoms with E-state index in [1.165, 1.54) is 5.56 Å². The highest BCUT2D eigenvalue weighted by Crippen LogP contribution is 2.33. The number of benzene rings is 1. The number of aromatic nitrogens is 2. The van der Waals surface area contributed by atoms with Crippen molar-refractivity contribution < 1.29 is 0 Å². The van der Waals surface area contributed by atoms with Crippen LogP contribution >= 0.6 is 15.9 Å². The Balaban J connectivity index is 2.62. The van der Waals surface area contributed by atoms with Gasteiger partial charge in [0, 0.05) is 22.0 Å². The van der Waals surface area contributed by atoms with E-state index in [0.29, 0.717) is 0 Å². The average molecular weight is 350 g/mol. The van der Waals surface area contributed by atoms with Crippen molar-refractivity contribution in [1.82, 2.24) is 9.55 Å². The van der Waals surface area contributed by atoms with Gasteiger partial charge in [0.1, 0.15) is 17.3 Å². The molecule has 1 aromatic carbocycles. The van der Waals surface area contributed by atoms with Crippen molar-refractivity contribution in [3.8, 4) is 11.3 Å². The lowest BCUT2D eigenvalue weighted by Gasteiger charge is -2.25. The third kappa shape index (κ3) is 3.15. The molecule has 3 nitrogen and oxygen atoms in total. The minimum atomic E-state index is -0.0677. The zero-order valence-electron chi connectivity index (χ0n) is 13.5. The van der Waals surface area contributed by atoms with Gasteiger partial charge in [0.2, 0.25) is 0 Å². The fourth-order valence-electron chi connectivity index (χ4n) is 2.57. The Morgan fingerprint density at radius 2 is 1.95 bits per heavy atom. The van der Waals surface area contributed by atoms with Crippen LogP contribution in [0.15, 0.2) is 22.7 Å². The minimum Gasteiger partial charge on any atom is -0.383 e. The van der Waals surface area contributed by atoms with Crippen LogP contribution in [0.2, 0.25) is 0 Å². The summed E-state index contributed by atoms with van der Waals surface area (Å²) < 4.78 is 3.25. The Bertz CT molecular complexity index is 651. The Labute approximate surface area is 135 Å². The first kappa shape index (κ1) is 16.1. The van der Waals surface area contributed by atoms with E-state index in [-0.39, 0.29) is 5.54 Å². The highest BCUT2D eigenvalue weighted by molar-refractivity contribution is 9.10. The largest absolute Gasteiger partial charge is 0.383 e. The number of rotatable bonds is 3. The van der Waals surface area contributed by atoms with E-state index in [2.05, 4.69) is 73.3 Å². The van der Waals surface area contributed by atoms with E-state index in [0.717, 1.165) is 40.2 Å². The molecule has 2 aromatic rings. The topological polar surface area (TPSA) is 43.8 Å². The second-order valence-corrected chi connectivity index (χ2v) is 7.34. The smallest absolute Gasteiger partial charge is 0.132 e. The van der Waals surface area contributed by atoms with Crippen LogP contribution in [0.25, 0.3) is 11.3 Å². The molecular formula is C17H24BrN3. The molecular weight excluding hydrogens is 326 g/mol. The SMILES string of the molecule is CCCc1nc(-c2ccc(C)c(Br)c2)c(N)n1C(C)(C)C. The molecule has 0 unspecified atom stereocenters. The van der Waals surface area contributed by atoms with Gasteiger partial charge in [0.25, 0.3) is 0 Å².